The van der Waals surface area contributed by atoms with Gasteiger partial charge in [0.15, 0.2) is 6.10 Å². The maximum Gasteiger partial charge on any atom is 0.263 e. The van der Waals surface area contributed by atoms with E-state index in [0.717, 1.165) is 46.6 Å². The summed E-state index contributed by atoms with van der Waals surface area (Å²) >= 11 is 0. The van der Waals surface area contributed by atoms with E-state index in [1.54, 1.807) is 13.3 Å². The Kier molecular flexibility index (Phi) is 5.98. The van der Waals surface area contributed by atoms with E-state index >= 15 is 0 Å². The van der Waals surface area contributed by atoms with Crippen LogP contribution in [0.15, 0.2) is 48.7 Å². The lowest BCUT2D eigenvalue weighted by atomic mass is 10.0. The molecular weight excluding hydrogens is 390 g/mol. The fraction of sp³-hybridized carbons (Fsp3) is 0.360. The van der Waals surface area contributed by atoms with E-state index in [-0.39, 0.29) is 5.91 Å². The van der Waals surface area contributed by atoms with Crippen molar-refractivity contribution in [2.24, 2.45) is 0 Å². The topological polar surface area (TPSA) is 54.9 Å². The number of carbonyl (C=O) groups is 1. The van der Waals surface area contributed by atoms with Crippen LogP contribution in [0.4, 0.5) is 5.69 Å². The zero-order chi connectivity index (χ0) is 22.0. The van der Waals surface area contributed by atoms with Gasteiger partial charge in [-0.15, -0.1) is 0 Å². The first kappa shape index (κ1) is 21.0. The van der Waals surface area contributed by atoms with Crippen molar-refractivity contribution in [1.82, 2.24) is 9.88 Å². The standard InChI is InChI=1S/C25H29N3O3/c1-17-9-10-18(2)24-23(17)22(11-12-26-24)31-19(3)25(29)28-15-13-27(14-16-28)20-7-5-6-8-21(20)30-4/h5-12,19H,13-16H2,1-4H3/t19-/m0/s1. The Labute approximate surface area is 183 Å². The Morgan fingerprint density at radius 1 is 0.968 bits per heavy atom. The van der Waals surface area contributed by atoms with Gasteiger partial charge in [0, 0.05) is 37.8 Å². The number of rotatable bonds is 5. The number of benzene rings is 2. The lowest BCUT2D eigenvalue weighted by molar-refractivity contribution is -0.138. The van der Waals surface area contributed by atoms with Gasteiger partial charge in [-0.1, -0.05) is 24.3 Å². The monoisotopic (exact) mass is 419 g/mol. The van der Waals surface area contributed by atoms with Crippen LogP contribution >= 0.6 is 0 Å². The molecule has 3 aromatic rings. The van der Waals surface area contributed by atoms with Gasteiger partial charge in [0.1, 0.15) is 11.5 Å². The van der Waals surface area contributed by atoms with Gasteiger partial charge in [0.2, 0.25) is 0 Å². The summed E-state index contributed by atoms with van der Waals surface area (Å²) in [7, 11) is 1.68. The first-order chi connectivity index (χ1) is 15.0. The molecule has 4 rings (SSSR count). The maximum absolute atomic E-state index is 13.1. The molecule has 0 bridgehead atoms. The highest BCUT2D eigenvalue weighted by atomic mass is 16.5. The molecule has 0 unspecified atom stereocenters. The van der Waals surface area contributed by atoms with Crippen molar-refractivity contribution in [1.29, 1.82) is 0 Å². The van der Waals surface area contributed by atoms with Gasteiger partial charge in [-0.3, -0.25) is 9.78 Å². The molecule has 6 nitrogen and oxygen atoms in total. The van der Waals surface area contributed by atoms with E-state index in [0.29, 0.717) is 18.8 Å². The predicted molar refractivity (Wildman–Crippen MR) is 123 cm³/mol. The average molecular weight is 420 g/mol. The smallest absolute Gasteiger partial charge is 0.263 e. The molecule has 1 fully saturated rings. The van der Waals surface area contributed by atoms with Gasteiger partial charge in [0.05, 0.1) is 18.3 Å². The number of pyridine rings is 1. The quantitative estimate of drug-likeness (QED) is 0.626. The van der Waals surface area contributed by atoms with Crippen molar-refractivity contribution in [2.45, 2.75) is 26.9 Å². The molecule has 2 heterocycles. The van der Waals surface area contributed by atoms with Crippen LogP contribution in [0.5, 0.6) is 11.5 Å². The Morgan fingerprint density at radius 2 is 1.68 bits per heavy atom. The van der Waals surface area contributed by atoms with Crippen LogP contribution in [0.25, 0.3) is 10.9 Å². The number of hydrogen-bond donors (Lipinski definition) is 0. The molecule has 1 atom stereocenters. The number of methoxy groups -OCH3 is 1. The van der Waals surface area contributed by atoms with Gasteiger partial charge in [0.25, 0.3) is 5.91 Å². The molecule has 1 aliphatic rings. The number of para-hydroxylation sites is 2. The molecule has 0 aliphatic carbocycles. The highest BCUT2D eigenvalue weighted by molar-refractivity contribution is 5.91. The zero-order valence-electron chi connectivity index (χ0n) is 18.6. The second-order valence-electron chi connectivity index (χ2n) is 7.98. The summed E-state index contributed by atoms with van der Waals surface area (Å²) in [6.45, 7) is 8.73. The van der Waals surface area contributed by atoms with Crippen molar-refractivity contribution in [3.8, 4) is 11.5 Å². The Balaban J connectivity index is 1.44. The van der Waals surface area contributed by atoms with Crippen molar-refractivity contribution < 1.29 is 14.3 Å². The molecule has 0 N–H and O–H groups in total. The summed E-state index contributed by atoms with van der Waals surface area (Å²) in [5.41, 5.74) is 4.17. The fourth-order valence-electron chi connectivity index (χ4n) is 4.19. The average Bonchev–Trinajstić information content (AvgIpc) is 2.81. The van der Waals surface area contributed by atoms with Crippen LogP contribution in [0.3, 0.4) is 0 Å². The molecule has 1 aromatic heterocycles. The number of carbonyl (C=O) groups excluding carboxylic acids is 1. The molecule has 0 radical (unpaired) electrons. The Morgan fingerprint density at radius 3 is 2.42 bits per heavy atom. The summed E-state index contributed by atoms with van der Waals surface area (Å²) in [4.78, 5) is 21.8. The lowest BCUT2D eigenvalue weighted by Gasteiger charge is -2.37. The third-order valence-corrected chi connectivity index (χ3v) is 5.93. The van der Waals surface area contributed by atoms with Crippen LogP contribution in [0, 0.1) is 13.8 Å². The van der Waals surface area contributed by atoms with Gasteiger partial charge >= 0.3 is 0 Å². The van der Waals surface area contributed by atoms with Crippen molar-refractivity contribution in [3.63, 3.8) is 0 Å². The molecule has 1 amide bonds. The van der Waals surface area contributed by atoms with Gasteiger partial charge < -0.3 is 19.3 Å². The van der Waals surface area contributed by atoms with Gasteiger partial charge in [-0.25, -0.2) is 0 Å². The summed E-state index contributed by atoms with van der Waals surface area (Å²) in [5.74, 6) is 1.57. The summed E-state index contributed by atoms with van der Waals surface area (Å²) < 4.78 is 11.6. The molecule has 1 aliphatic heterocycles. The molecule has 1 saturated heterocycles. The lowest BCUT2D eigenvalue weighted by Crippen LogP contribution is -2.52. The minimum atomic E-state index is -0.566. The van der Waals surface area contributed by atoms with Crippen LogP contribution in [0.2, 0.25) is 0 Å². The zero-order valence-corrected chi connectivity index (χ0v) is 18.6. The van der Waals surface area contributed by atoms with Crippen LogP contribution in [0.1, 0.15) is 18.1 Å². The number of fused-ring (bicyclic) bond motifs is 1. The van der Waals surface area contributed by atoms with Crippen molar-refractivity contribution in [2.75, 3.05) is 38.2 Å². The molecule has 0 saturated carbocycles. The number of amides is 1. The first-order valence-corrected chi connectivity index (χ1v) is 10.7. The SMILES string of the molecule is COc1ccccc1N1CCN(C(=O)[C@H](C)Oc2ccnc3c(C)ccc(C)c23)CC1. The molecule has 2 aromatic carbocycles. The van der Waals surface area contributed by atoms with E-state index in [1.165, 1.54) is 0 Å². The largest absolute Gasteiger partial charge is 0.495 e. The summed E-state index contributed by atoms with van der Waals surface area (Å²) in [6, 6.07) is 14.0. The summed E-state index contributed by atoms with van der Waals surface area (Å²) in [6.07, 6.45) is 1.18. The highest BCUT2D eigenvalue weighted by Gasteiger charge is 2.27. The van der Waals surface area contributed by atoms with E-state index in [4.69, 9.17) is 9.47 Å². The Bertz CT molecular complexity index is 1090. The summed E-state index contributed by atoms with van der Waals surface area (Å²) in [5, 5.41) is 0.975. The first-order valence-electron chi connectivity index (χ1n) is 10.7. The van der Waals surface area contributed by atoms with Crippen molar-refractivity contribution in [3.05, 3.63) is 59.8 Å². The highest BCUT2D eigenvalue weighted by Crippen LogP contribution is 2.31. The molecule has 162 valence electrons. The second kappa shape index (κ2) is 8.84. The molecule has 0 spiro atoms. The van der Waals surface area contributed by atoms with Crippen LogP contribution in [-0.4, -0.2) is 55.2 Å². The number of aryl methyl sites for hydroxylation is 2. The van der Waals surface area contributed by atoms with E-state index < -0.39 is 6.10 Å². The number of ether oxygens (including phenoxy) is 2. The number of piperazine rings is 1. The number of hydrogen-bond acceptors (Lipinski definition) is 5. The third-order valence-electron chi connectivity index (χ3n) is 5.93. The normalized spacial score (nSPS) is 15.1. The van der Waals surface area contributed by atoms with E-state index in [9.17, 15) is 4.79 Å². The number of aromatic nitrogens is 1. The Hall–Kier alpha value is -3.28. The van der Waals surface area contributed by atoms with Gasteiger partial charge in [-0.05, 0) is 50.1 Å². The maximum atomic E-state index is 13.1. The van der Waals surface area contributed by atoms with Crippen LogP contribution < -0.4 is 14.4 Å². The van der Waals surface area contributed by atoms with E-state index in [2.05, 4.69) is 28.1 Å². The van der Waals surface area contributed by atoms with E-state index in [1.807, 2.05) is 49.9 Å². The van der Waals surface area contributed by atoms with Crippen LogP contribution in [-0.2, 0) is 4.79 Å². The number of anilines is 1. The minimum absolute atomic E-state index is 0.00921. The van der Waals surface area contributed by atoms with Crippen molar-refractivity contribution >= 4 is 22.5 Å². The minimum Gasteiger partial charge on any atom is -0.495 e. The third kappa shape index (κ3) is 4.15. The number of nitrogens with zero attached hydrogens (tertiary/aromatic N) is 3. The second-order valence-corrected chi connectivity index (χ2v) is 7.98. The molecular formula is C25H29N3O3. The fourth-order valence-corrected chi connectivity index (χ4v) is 4.19. The van der Waals surface area contributed by atoms with Gasteiger partial charge in [-0.2, -0.15) is 0 Å². The predicted octanol–water partition coefficient (Wildman–Crippen LogP) is 3.98. The molecule has 31 heavy (non-hydrogen) atoms. The molecule has 6 heteroatoms.